The molecule has 0 saturated heterocycles. The number of hydrogen-bond donors (Lipinski definition) is 0. The summed E-state index contributed by atoms with van der Waals surface area (Å²) in [7, 11) is 0. The lowest BCUT2D eigenvalue weighted by atomic mass is 9.85. The van der Waals surface area contributed by atoms with Crippen molar-refractivity contribution in [3.63, 3.8) is 0 Å². The molecule has 2 heteroatoms. The van der Waals surface area contributed by atoms with E-state index in [1.165, 1.54) is 90.9 Å². The standard InChI is InChI=1S/C42H30N2/c1-3-9-26(10-4-1)28-19-22-37-36(24-28)34-20-18-31(25-38(34)44(37)32-12-5-2-6-13-32)41-40-30-16-15-29(23-30)39(40)35-21-17-27-11-7-8-14-33(27)42(35)43-41/h1-14,17-22,24-25,29-30H,15-16,23H2. The van der Waals surface area contributed by atoms with Crippen LogP contribution in [0, 0.1) is 0 Å². The molecule has 6 aromatic carbocycles. The summed E-state index contributed by atoms with van der Waals surface area (Å²) < 4.78 is 2.44. The molecule has 0 radical (unpaired) electrons. The molecule has 2 atom stereocenters. The van der Waals surface area contributed by atoms with E-state index in [-0.39, 0.29) is 0 Å². The Morgan fingerprint density at radius 1 is 0.500 bits per heavy atom. The fourth-order valence-corrected chi connectivity index (χ4v) is 8.45. The van der Waals surface area contributed by atoms with Crippen molar-refractivity contribution in [2.45, 2.75) is 31.1 Å². The molecule has 2 nitrogen and oxygen atoms in total. The number of fused-ring (bicyclic) bond motifs is 12. The molecule has 10 rings (SSSR count). The number of pyridine rings is 1. The second-order valence-electron chi connectivity index (χ2n) is 12.7. The molecule has 2 unspecified atom stereocenters. The van der Waals surface area contributed by atoms with Gasteiger partial charge in [-0.3, -0.25) is 0 Å². The van der Waals surface area contributed by atoms with Crippen molar-refractivity contribution in [2.75, 3.05) is 0 Å². The molecule has 1 fully saturated rings. The van der Waals surface area contributed by atoms with E-state index < -0.39 is 0 Å². The van der Waals surface area contributed by atoms with E-state index in [4.69, 9.17) is 4.98 Å². The quantitative estimate of drug-likeness (QED) is 0.196. The maximum Gasteiger partial charge on any atom is 0.0790 e. The number of rotatable bonds is 3. The second kappa shape index (κ2) is 9.14. The number of nitrogens with zero attached hydrogens (tertiary/aromatic N) is 2. The largest absolute Gasteiger partial charge is 0.309 e. The lowest BCUT2D eigenvalue weighted by Crippen LogP contribution is -2.04. The maximum absolute atomic E-state index is 5.57. The summed E-state index contributed by atoms with van der Waals surface area (Å²) in [4.78, 5) is 5.57. The maximum atomic E-state index is 5.57. The first kappa shape index (κ1) is 24.3. The van der Waals surface area contributed by atoms with Gasteiger partial charge < -0.3 is 4.57 Å². The van der Waals surface area contributed by atoms with Crippen LogP contribution in [-0.2, 0) is 0 Å². The molecule has 2 aromatic heterocycles. The summed E-state index contributed by atoms with van der Waals surface area (Å²) in [5.74, 6) is 1.26. The molecule has 2 aliphatic carbocycles. The molecule has 2 bridgehead atoms. The van der Waals surface area contributed by atoms with Gasteiger partial charge in [-0.25, -0.2) is 4.98 Å². The van der Waals surface area contributed by atoms with Gasteiger partial charge in [0.1, 0.15) is 0 Å². The van der Waals surface area contributed by atoms with E-state index in [2.05, 4.69) is 138 Å². The Bertz CT molecular complexity index is 2420. The summed E-state index contributed by atoms with van der Waals surface area (Å²) in [5.41, 5.74) is 12.8. The van der Waals surface area contributed by atoms with Crippen molar-refractivity contribution in [1.82, 2.24) is 9.55 Å². The summed E-state index contributed by atoms with van der Waals surface area (Å²) in [5, 5.41) is 6.43. The van der Waals surface area contributed by atoms with Crippen LogP contribution < -0.4 is 0 Å². The van der Waals surface area contributed by atoms with Gasteiger partial charge in [0.05, 0.1) is 22.2 Å². The highest BCUT2D eigenvalue weighted by atomic mass is 15.0. The number of hydrogen-bond acceptors (Lipinski definition) is 1. The van der Waals surface area contributed by atoms with Crippen LogP contribution in [0.3, 0.4) is 0 Å². The second-order valence-corrected chi connectivity index (χ2v) is 12.7. The molecule has 1 saturated carbocycles. The van der Waals surface area contributed by atoms with Crippen LogP contribution in [-0.4, -0.2) is 9.55 Å². The summed E-state index contributed by atoms with van der Waals surface area (Å²) in [6.07, 6.45) is 3.85. The van der Waals surface area contributed by atoms with E-state index >= 15 is 0 Å². The van der Waals surface area contributed by atoms with Gasteiger partial charge in [-0.15, -0.1) is 0 Å². The fourth-order valence-electron chi connectivity index (χ4n) is 8.45. The molecule has 0 aliphatic heterocycles. The monoisotopic (exact) mass is 562 g/mol. The Morgan fingerprint density at radius 3 is 2.09 bits per heavy atom. The van der Waals surface area contributed by atoms with Crippen LogP contribution in [0.1, 0.15) is 42.2 Å². The van der Waals surface area contributed by atoms with Crippen molar-refractivity contribution in [1.29, 1.82) is 0 Å². The molecular formula is C42H30N2. The van der Waals surface area contributed by atoms with Crippen molar-refractivity contribution >= 4 is 43.5 Å². The SMILES string of the molecule is c1ccc(-c2ccc3c(c2)c2ccc(-c4nc5c(ccc6ccccc65)c5c4C4CCC5C4)cc2n3-c2ccccc2)cc1. The first-order chi connectivity index (χ1) is 21.8. The van der Waals surface area contributed by atoms with Gasteiger partial charge in [0.2, 0.25) is 0 Å². The minimum atomic E-state index is 0.609. The lowest BCUT2D eigenvalue weighted by Gasteiger charge is -2.22. The molecule has 2 aliphatic rings. The first-order valence-corrected chi connectivity index (χ1v) is 15.9. The van der Waals surface area contributed by atoms with Gasteiger partial charge in [-0.2, -0.15) is 0 Å². The lowest BCUT2D eigenvalue weighted by molar-refractivity contribution is 0.720. The molecule has 0 spiro atoms. The average molecular weight is 563 g/mol. The predicted octanol–water partition coefficient (Wildman–Crippen LogP) is 11.2. The Labute approximate surface area is 256 Å². The van der Waals surface area contributed by atoms with Gasteiger partial charge in [0.15, 0.2) is 0 Å². The third kappa shape index (κ3) is 3.40. The Kier molecular flexibility index (Phi) is 5.04. The highest BCUT2D eigenvalue weighted by molar-refractivity contribution is 6.12. The normalized spacial score (nSPS) is 17.3. The van der Waals surface area contributed by atoms with Crippen molar-refractivity contribution in [3.8, 4) is 28.1 Å². The van der Waals surface area contributed by atoms with Crippen molar-refractivity contribution in [2.24, 2.45) is 0 Å². The third-order valence-corrected chi connectivity index (χ3v) is 10.4. The van der Waals surface area contributed by atoms with Crippen molar-refractivity contribution < 1.29 is 0 Å². The number of benzene rings is 6. The van der Waals surface area contributed by atoms with E-state index in [0.29, 0.717) is 11.8 Å². The van der Waals surface area contributed by atoms with E-state index in [1.54, 1.807) is 5.56 Å². The summed E-state index contributed by atoms with van der Waals surface area (Å²) in [6.45, 7) is 0. The van der Waals surface area contributed by atoms with E-state index in [9.17, 15) is 0 Å². The third-order valence-electron chi connectivity index (χ3n) is 10.4. The zero-order valence-electron chi connectivity index (χ0n) is 24.4. The van der Waals surface area contributed by atoms with E-state index in [0.717, 1.165) is 5.52 Å². The van der Waals surface area contributed by atoms with Gasteiger partial charge in [-0.05, 0) is 89.1 Å². The molecule has 0 amide bonds. The highest BCUT2D eigenvalue weighted by Gasteiger charge is 2.40. The Hall–Kier alpha value is -5.21. The molecular weight excluding hydrogens is 532 g/mol. The minimum absolute atomic E-state index is 0.609. The van der Waals surface area contributed by atoms with Crippen LogP contribution in [0.5, 0.6) is 0 Å². The highest BCUT2D eigenvalue weighted by Crippen LogP contribution is 2.57. The van der Waals surface area contributed by atoms with Crippen molar-refractivity contribution in [3.05, 3.63) is 145 Å². The summed E-state index contributed by atoms with van der Waals surface area (Å²) in [6, 6.07) is 48.9. The minimum Gasteiger partial charge on any atom is -0.309 e. The zero-order chi connectivity index (χ0) is 28.8. The average Bonchev–Trinajstić information content (AvgIpc) is 3.81. The van der Waals surface area contributed by atoms with Gasteiger partial charge in [0, 0.05) is 32.8 Å². The first-order valence-electron chi connectivity index (χ1n) is 15.9. The molecule has 2 heterocycles. The number of aromatic nitrogens is 2. The molecule has 44 heavy (non-hydrogen) atoms. The Morgan fingerprint density at radius 2 is 1.23 bits per heavy atom. The zero-order valence-corrected chi connectivity index (χ0v) is 24.4. The van der Waals surface area contributed by atoms with Gasteiger partial charge in [-0.1, -0.05) is 103 Å². The summed E-state index contributed by atoms with van der Waals surface area (Å²) >= 11 is 0. The fraction of sp³-hybridized carbons (Fsp3) is 0.119. The van der Waals surface area contributed by atoms with Gasteiger partial charge in [0.25, 0.3) is 0 Å². The predicted molar refractivity (Wildman–Crippen MR) is 184 cm³/mol. The van der Waals surface area contributed by atoms with Gasteiger partial charge >= 0.3 is 0 Å². The van der Waals surface area contributed by atoms with Crippen LogP contribution in [0.25, 0.3) is 71.6 Å². The molecule has 208 valence electrons. The smallest absolute Gasteiger partial charge is 0.0790 e. The van der Waals surface area contributed by atoms with Crippen LogP contribution in [0.15, 0.2) is 133 Å². The Balaban J connectivity index is 1.27. The van der Waals surface area contributed by atoms with Crippen LogP contribution >= 0.6 is 0 Å². The van der Waals surface area contributed by atoms with Crippen LogP contribution in [0.4, 0.5) is 0 Å². The number of para-hydroxylation sites is 1. The topological polar surface area (TPSA) is 17.8 Å². The molecule has 8 aromatic rings. The van der Waals surface area contributed by atoms with E-state index in [1.807, 2.05) is 0 Å². The van der Waals surface area contributed by atoms with Crippen LogP contribution in [0.2, 0.25) is 0 Å². The molecule has 0 N–H and O–H groups in total.